The number of ether oxygens (including phenoxy) is 2. The van der Waals surface area contributed by atoms with Crippen molar-refractivity contribution in [2.75, 3.05) is 27.4 Å². The van der Waals surface area contributed by atoms with Crippen LogP contribution in [0, 0.1) is 17.3 Å². The molecule has 0 bridgehead atoms. The van der Waals surface area contributed by atoms with Gasteiger partial charge < -0.3 is 9.47 Å². The number of hydrogen-bond donors (Lipinski definition) is 0. The summed E-state index contributed by atoms with van der Waals surface area (Å²) in [5, 5.41) is 0. The third-order valence-electron chi connectivity index (χ3n) is 4.64. The van der Waals surface area contributed by atoms with Gasteiger partial charge in [-0.25, -0.2) is 0 Å². The van der Waals surface area contributed by atoms with E-state index in [1.165, 1.54) is 44.9 Å². The summed E-state index contributed by atoms with van der Waals surface area (Å²) in [6.45, 7) is 10.9. The Morgan fingerprint density at radius 1 is 0.900 bits per heavy atom. The Balaban J connectivity index is 4.84. The van der Waals surface area contributed by atoms with E-state index in [2.05, 4.69) is 27.7 Å². The zero-order valence-corrected chi connectivity index (χ0v) is 14.8. The lowest BCUT2D eigenvalue weighted by molar-refractivity contribution is -0.0218. The summed E-state index contributed by atoms with van der Waals surface area (Å²) < 4.78 is 11.2. The van der Waals surface area contributed by atoms with Crippen LogP contribution in [-0.2, 0) is 9.47 Å². The molecule has 0 saturated heterocycles. The maximum Gasteiger partial charge on any atom is 0.0540 e. The quantitative estimate of drug-likeness (QED) is 0.457. The minimum absolute atomic E-state index is 0.202. The van der Waals surface area contributed by atoms with Gasteiger partial charge in [0.05, 0.1) is 13.2 Å². The molecule has 0 rings (SSSR count). The molecule has 2 atom stereocenters. The van der Waals surface area contributed by atoms with Crippen molar-refractivity contribution in [3.63, 3.8) is 0 Å². The fourth-order valence-corrected chi connectivity index (χ4v) is 3.41. The molecule has 0 heterocycles. The van der Waals surface area contributed by atoms with Crippen LogP contribution in [0.25, 0.3) is 0 Å². The van der Waals surface area contributed by atoms with E-state index in [-0.39, 0.29) is 5.41 Å². The van der Waals surface area contributed by atoms with E-state index in [1.54, 1.807) is 0 Å². The van der Waals surface area contributed by atoms with Gasteiger partial charge in [-0.2, -0.15) is 0 Å². The van der Waals surface area contributed by atoms with Crippen LogP contribution in [0.4, 0.5) is 0 Å². The Labute approximate surface area is 127 Å². The van der Waals surface area contributed by atoms with Gasteiger partial charge in [-0.15, -0.1) is 0 Å². The third-order valence-corrected chi connectivity index (χ3v) is 4.64. The molecule has 122 valence electrons. The Morgan fingerprint density at radius 3 is 1.90 bits per heavy atom. The van der Waals surface area contributed by atoms with Crippen molar-refractivity contribution < 1.29 is 9.47 Å². The molecule has 0 aromatic rings. The average Bonchev–Trinajstić information content (AvgIpc) is 2.43. The molecule has 0 spiro atoms. The van der Waals surface area contributed by atoms with Crippen LogP contribution in [-0.4, -0.2) is 27.4 Å². The van der Waals surface area contributed by atoms with Crippen molar-refractivity contribution in [1.82, 2.24) is 0 Å². The van der Waals surface area contributed by atoms with Gasteiger partial charge in [0.15, 0.2) is 0 Å². The molecule has 0 N–H and O–H groups in total. The Bertz CT molecular complexity index is 209. The van der Waals surface area contributed by atoms with Crippen LogP contribution < -0.4 is 0 Å². The highest BCUT2D eigenvalue weighted by Crippen LogP contribution is 2.38. The van der Waals surface area contributed by atoms with Gasteiger partial charge in [0.2, 0.25) is 0 Å². The second-order valence-electron chi connectivity index (χ2n) is 6.70. The molecule has 0 aliphatic carbocycles. The van der Waals surface area contributed by atoms with Gasteiger partial charge >= 0.3 is 0 Å². The maximum absolute atomic E-state index is 5.58. The summed E-state index contributed by atoms with van der Waals surface area (Å²) >= 11 is 0. The molecular formula is C18H38O2. The predicted molar refractivity (Wildman–Crippen MR) is 88.2 cm³/mol. The molecule has 0 aromatic heterocycles. The first-order valence-corrected chi connectivity index (χ1v) is 8.55. The van der Waals surface area contributed by atoms with Gasteiger partial charge in [0.25, 0.3) is 0 Å². The number of unbranched alkanes of at least 4 members (excludes halogenated alkanes) is 1. The van der Waals surface area contributed by atoms with Gasteiger partial charge in [-0.05, 0) is 24.7 Å². The zero-order chi connectivity index (χ0) is 15.4. The standard InChI is InChI=1S/C18H38O2/c1-7-10-11-17(9-3)13-18(14-19-5,15-20-6)12-16(4)8-2/h16-17H,7-15H2,1-6H3. The van der Waals surface area contributed by atoms with Crippen molar-refractivity contribution in [3.05, 3.63) is 0 Å². The largest absolute Gasteiger partial charge is 0.384 e. The number of rotatable bonds is 13. The molecule has 2 nitrogen and oxygen atoms in total. The van der Waals surface area contributed by atoms with E-state index in [9.17, 15) is 0 Å². The van der Waals surface area contributed by atoms with E-state index < -0.39 is 0 Å². The lowest BCUT2D eigenvalue weighted by atomic mass is 9.72. The second-order valence-corrected chi connectivity index (χ2v) is 6.70. The topological polar surface area (TPSA) is 18.5 Å². The highest BCUT2D eigenvalue weighted by molar-refractivity contribution is 4.83. The molecule has 20 heavy (non-hydrogen) atoms. The molecular weight excluding hydrogens is 248 g/mol. The molecule has 0 aliphatic heterocycles. The van der Waals surface area contributed by atoms with E-state index >= 15 is 0 Å². The van der Waals surface area contributed by atoms with E-state index in [0.29, 0.717) is 0 Å². The van der Waals surface area contributed by atoms with Gasteiger partial charge in [-0.1, -0.05) is 59.8 Å². The lowest BCUT2D eigenvalue weighted by Gasteiger charge is -2.37. The summed E-state index contributed by atoms with van der Waals surface area (Å²) in [6, 6.07) is 0. The van der Waals surface area contributed by atoms with Crippen LogP contribution >= 0.6 is 0 Å². The SMILES string of the molecule is CCCCC(CC)CC(COC)(COC)CC(C)CC. The molecule has 0 amide bonds. The van der Waals surface area contributed by atoms with Gasteiger partial charge in [0.1, 0.15) is 0 Å². The Morgan fingerprint density at radius 2 is 1.50 bits per heavy atom. The molecule has 0 saturated carbocycles. The van der Waals surface area contributed by atoms with Crippen molar-refractivity contribution in [3.8, 4) is 0 Å². The molecule has 0 aromatic carbocycles. The van der Waals surface area contributed by atoms with E-state index in [0.717, 1.165) is 25.0 Å². The van der Waals surface area contributed by atoms with Crippen molar-refractivity contribution in [1.29, 1.82) is 0 Å². The van der Waals surface area contributed by atoms with Crippen molar-refractivity contribution in [2.24, 2.45) is 17.3 Å². The molecule has 2 unspecified atom stereocenters. The van der Waals surface area contributed by atoms with Crippen LogP contribution in [0.1, 0.15) is 72.6 Å². The first-order chi connectivity index (χ1) is 9.57. The monoisotopic (exact) mass is 286 g/mol. The van der Waals surface area contributed by atoms with E-state index in [1.807, 2.05) is 14.2 Å². The van der Waals surface area contributed by atoms with Gasteiger partial charge in [-0.3, -0.25) is 0 Å². The normalized spacial score (nSPS) is 15.3. The number of hydrogen-bond acceptors (Lipinski definition) is 2. The van der Waals surface area contributed by atoms with Crippen LogP contribution in [0.2, 0.25) is 0 Å². The fourth-order valence-electron chi connectivity index (χ4n) is 3.41. The van der Waals surface area contributed by atoms with Crippen LogP contribution in [0.15, 0.2) is 0 Å². The first-order valence-electron chi connectivity index (χ1n) is 8.55. The Kier molecular flexibility index (Phi) is 11.5. The lowest BCUT2D eigenvalue weighted by Crippen LogP contribution is -2.36. The Hall–Kier alpha value is -0.0800. The van der Waals surface area contributed by atoms with Crippen LogP contribution in [0.3, 0.4) is 0 Å². The highest BCUT2D eigenvalue weighted by atomic mass is 16.5. The number of methoxy groups -OCH3 is 2. The first kappa shape index (κ1) is 19.9. The zero-order valence-electron chi connectivity index (χ0n) is 14.8. The fraction of sp³-hybridized carbons (Fsp3) is 1.00. The maximum atomic E-state index is 5.58. The summed E-state index contributed by atoms with van der Waals surface area (Å²) in [5.41, 5.74) is 0.202. The summed E-state index contributed by atoms with van der Waals surface area (Å²) in [5.74, 6) is 1.55. The molecule has 2 heteroatoms. The van der Waals surface area contributed by atoms with Gasteiger partial charge in [0, 0.05) is 19.6 Å². The predicted octanol–water partition coefficient (Wildman–Crippen LogP) is 5.31. The summed E-state index contributed by atoms with van der Waals surface area (Å²) in [6.07, 6.45) is 8.96. The summed E-state index contributed by atoms with van der Waals surface area (Å²) in [7, 11) is 3.65. The summed E-state index contributed by atoms with van der Waals surface area (Å²) in [4.78, 5) is 0. The van der Waals surface area contributed by atoms with Crippen molar-refractivity contribution in [2.45, 2.75) is 72.6 Å². The molecule has 0 radical (unpaired) electrons. The van der Waals surface area contributed by atoms with Crippen molar-refractivity contribution >= 4 is 0 Å². The van der Waals surface area contributed by atoms with E-state index in [4.69, 9.17) is 9.47 Å². The minimum Gasteiger partial charge on any atom is -0.384 e. The van der Waals surface area contributed by atoms with Crippen LogP contribution in [0.5, 0.6) is 0 Å². The molecule has 0 aliphatic rings. The minimum atomic E-state index is 0.202. The smallest absolute Gasteiger partial charge is 0.0540 e. The third kappa shape index (κ3) is 7.64. The highest BCUT2D eigenvalue weighted by Gasteiger charge is 2.34. The second kappa shape index (κ2) is 11.6. The average molecular weight is 286 g/mol. The molecule has 0 fully saturated rings.